The summed E-state index contributed by atoms with van der Waals surface area (Å²) in [6.07, 6.45) is 0.142. The van der Waals surface area contributed by atoms with Crippen LogP contribution in [0, 0.1) is 20.8 Å². The number of carbonyl (C=O) groups is 2. The molecule has 2 aromatic carbocycles. The number of hydrogen-bond donors (Lipinski definition) is 1. The maximum absolute atomic E-state index is 13.3. The van der Waals surface area contributed by atoms with Crippen LogP contribution in [0.3, 0.4) is 0 Å². The van der Waals surface area contributed by atoms with Crippen LogP contribution in [0.1, 0.15) is 29.5 Å². The lowest BCUT2D eigenvalue weighted by Crippen LogP contribution is -2.45. The molecule has 0 aliphatic carbocycles. The second kappa shape index (κ2) is 7.56. The van der Waals surface area contributed by atoms with Crippen LogP contribution in [0.15, 0.2) is 41.3 Å². The summed E-state index contributed by atoms with van der Waals surface area (Å²) in [5.74, 6) is -1.12. The van der Waals surface area contributed by atoms with Gasteiger partial charge in [0.15, 0.2) is 0 Å². The molecule has 1 fully saturated rings. The van der Waals surface area contributed by atoms with E-state index >= 15 is 0 Å². The second-order valence-electron chi connectivity index (χ2n) is 6.97. The molecule has 2 amide bonds. The Kier molecular flexibility index (Phi) is 5.50. The average Bonchev–Trinajstić information content (AvgIpc) is 2.98. The Morgan fingerprint density at radius 3 is 2.25 bits per heavy atom. The third kappa shape index (κ3) is 3.77. The van der Waals surface area contributed by atoms with E-state index in [-0.39, 0.29) is 17.7 Å². The maximum atomic E-state index is 13.3. The number of benzene rings is 2. The van der Waals surface area contributed by atoms with Gasteiger partial charge in [-0.1, -0.05) is 29.3 Å². The monoisotopic (exact) mass is 420 g/mol. The molecule has 1 saturated heterocycles. The van der Waals surface area contributed by atoms with Crippen molar-refractivity contribution in [2.24, 2.45) is 0 Å². The lowest BCUT2D eigenvalue weighted by atomic mass is 10.1. The lowest BCUT2D eigenvalue weighted by molar-refractivity contribution is -0.128. The molecule has 1 heterocycles. The molecular weight excluding hydrogens is 400 g/mol. The van der Waals surface area contributed by atoms with E-state index in [1.165, 1.54) is 0 Å². The van der Waals surface area contributed by atoms with E-state index in [4.69, 9.17) is 11.6 Å². The van der Waals surface area contributed by atoms with Gasteiger partial charge in [0.05, 0.1) is 4.90 Å². The van der Waals surface area contributed by atoms with Gasteiger partial charge < -0.3 is 5.32 Å². The van der Waals surface area contributed by atoms with Crippen molar-refractivity contribution in [3.05, 3.63) is 58.1 Å². The number of hydrogen-bond acceptors (Lipinski definition) is 4. The SMILES string of the molecule is Cc1cc(C)c(S(=O)(=O)N2C(=O)CCC2C(=O)Nc2ccc(Cl)cc2)c(C)c1. The third-order valence-corrected chi connectivity index (χ3v) is 7.08. The molecule has 1 N–H and O–H groups in total. The summed E-state index contributed by atoms with van der Waals surface area (Å²) in [6, 6.07) is 8.88. The summed E-state index contributed by atoms with van der Waals surface area (Å²) in [6.45, 7) is 5.26. The van der Waals surface area contributed by atoms with Gasteiger partial charge in [-0.3, -0.25) is 9.59 Å². The van der Waals surface area contributed by atoms with Crippen LogP contribution >= 0.6 is 11.6 Å². The Morgan fingerprint density at radius 2 is 1.68 bits per heavy atom. The van der Waals surface area contributed by atoms with Gasteiger partial charge in [-0.25, -0.2) is 12.7 Å². The summed E-state index contributed by atoms with van der Waals surface area (Å²) in [5.41, 5.74) is 2.51. The highest BCUT2D eigenvalue weighted by Gasteiger charge is 2.45. The molecule has 8 heteroatoms. The zero-order valence-corrected chi connectivity index (χ0v) is 17.4. The number of sulfonamides is 1. The molecule has 3 rings (SSSR count). The lowest BCUT2D eigenvalue weighted by Gasteiger charge is -2.25. The molecule has 0 aromatic heterocycles. The van der Waals surface area contributed by atoms with Crippen molar-refractivity contribution in [1.82, 2.24) is 4.31 Å². The molecule has 2 aromatic rings. The summed E-state index contributed by atoms with van der Waals surface area (Å²) in [7, 11) is -4.16. The molecule has 0 bridgehead atoms. The molecular formula is C20H21ClN2O4S. The van der Waals surface area contributed by atoms with E-state index in [0.29, 0.717) is 21.8 Å². The first-order valence-corrected chi connectivity index (χ1v) is 10.6. The topological polar surface area (TPSA) is 83.6 Å². The predicted molar refractivity (Wildman–Crippen MR) is 108 cm³/mol. The van der Waals surface area contributed by atoms with Crippen molar-refractivity contribution < 1.29 is 18.0 Å². The number of nitrogens with zero attached hydrogens (tertiary/aromatic N) is 1. The van der Waals surface area contributed by atoms with Crippen molar-refractivity contribution in [3.8, 4) is 0 Å². The van der Waals surface area contributed by atoms with Gasteiger partial charge >= 0.3 is 0 Å². The van der Waals surface area contributed by atoms with Crippen LogP contribution in [-0.4, -0.2) is 30.6 Å². The number of carbonyl (C=O) groups excluding carboxylic acids is 2. The first-order chi connectivity index (χ1) is 13.1. The summed E-state index contributed by atoms with van der Waals surface area (Å²) < 4.78 is 27.4. The predicted octanol–water partition coefficient (Wildman–Crippen LogP) is 3.58. The van der Waals surface area contributed by atoms with Crippen molar-refractivity contribution in [3.63, 3.8) is 0 Å². The van der Waals surface area contributed by atoms with Crippen molar-refractivity contribution >= 4 is 39.1 Å². The molecule has 1 unspecified atom stereocenters. The molecule has 1 aliphatic rings. The Hall–Kier alpha value is -2.38. The minimum absolute atomic E-state index is 0.00188. The number of amides is 2. The largest absolute Gasteiger partial charge is 0.324 e. The fourth-order valence-electron chi connectivity index (χ4n) is 3.63. The van der Waals surface area contributed by atoms with Gasteiger partial charge in [-0.05, 0) is 62.6 Å². The minimum atomic E-state index is -4.16. The molecule has 0 spiro atoms. The van der Waals surface area contributed by atoms with Crippen LogP contribution in [0.2, 0.25) is 5.02 Å². The van der Waals surface area contributed by atoms with Gasteiger partial charge in [-0.2, -0.15) is 0 Å². The molecule has 6 nitrogen and oxygen atoms in total. The van der Waals surface area contributed by atoms with Gasteiger partial charge in [-0.15, -0.1) is 0 Å². The third-order valence-electron chi connectivity index (χ3n) is 4.70. The first-order valence-electron chi connectivity index (χ1n) is 8.83. The Bertz CT molecular complexity index is 1030. The Morgan fingerprint density at radius 1 is 1.11 bits per heavy atom. The van der Waals surface area contributed by atoms with Gasteiger partial charge in [0, 0.05) is 17.1 Å². The standard InChI is InChI=1S/C20H21ClN2O4S/c1-12-10-13(2)19(14(3)11-12)28(26,27)23-17(8-9-18(23)24)20(25)22-16-6-4-15(21)5-7-16/h4-7,10-11,17H,8-9H2,1-3H3,(H,22,25). The van der Waals surface area contributed by atoms with Crippen LogP contribution in [0.4, 0.5) is 5.69 Å². The molecule has 148 valence electrons. The number of nitrogens with one attached hydrogen (secondary N) is 1. The number of rotatable bonds is 4. The van der Waals surface area contributed by atoms with Crippen molar-refractivity contribution in [1.29, 1.82) is 0 Å². The fourth-order valence-corrected chi connectivity index (χ4v) is 5.78. The number of anilines is 1. The second-order valence-corrected chi connectivity index (χ2v) is 9.16. The molecule has 1 aliphatic heterocycles. The quantitative estimate of drug-likeness (QED) is 0.819. The Balaban J connectivity index is 1.96. The maximum Gasteiger partial charge on any atom is 0.267 e. The van der Waals surface area contributed by atoms with E-state index in [9.17, 15) is 18.0 Å². The average molecular weight is 421 g/mol. The molecule has 1 atom stereocenters. The Labute approximate surface area is 169 Å². The smallest absolute Gasteiger partial charge is 0.267 e. The van der Waals surface area contributed by atoms with Gasteiger partial charge in [0.2, 0.25) is 11.8 Å². The molecule has 0 saturated carbocycles. The zero-order chi connectivity index (χ0) is 20.6. The van der Waals surface area contributed by atoms with Crippen LogP contribution in [0.25, 0.3) is 0 Å². The first kappa shape index (κ1) is 20.4. The van der Waals surface area contributed by atoms with E-state index in [2.05, 4.69) is 5.32 Å². The van der Waals surface area contributed by atoms with Crippen LogP contribution in [-0.2, 0) is 19.6 Å². The summed E-state index contributed by atoms with van der Waals surface area (Å²) in [4.78, 5) is 25.3. The fraction of sp³-hybridized carbons (Fsp3) is 0.300. The van der Waals surface area contributed by atoms with Crippen LogP contribution in [0.5, 0.6) is 0 Å². The molecule has 0 radical (unpaired) electrons. The number of halogens is 1. The van der Waals surface area contributed by atoms with Gasteiger partial charge in [0.1, 0.15) is 6.04 Å². The highest BCUT2D eigenvalue weighted by atomic mass is 35.5. The van der Waals surface area contributed by atoms with E-state index in [1.807, 2.05) is 6.92 Å². The highest BCUT2D eigenvalue weighted by molar-refractivity contribution is 7.89. The number of aryl methyl sites for hydroxylation is 3. The van der Waals surface area contributed by atoms with Gasteiger partial charge in [0.25, 0.3) is 10.0 Å². The summed E-state index contributed by atoms with van der Waals surface area (Å²) >= 11 is 5.84. The normalized spacial score (nSPS) is 17.1. The zero-order valence-electron chi connectivity index (χ0n) is 15.8. The van der Waals surface area contributed by atoms with Crippen LogP contribution < -0.4 is 5.32 Å². The van der Waals surface area contributed by atoms with E-state index in [1.54, 1.807) is 50.2 Å². The minimum Gasteiger partial charge on any atom is -0.324 e. The highest BCUT2D eigenvalue weighted by Crippen LogP contribution is 2.32. The summed E-state index contributed by atoms with van der Waals surface area (Å²) in [5, 5.41) is 3.18. The van der Waals surface area contributed by atoms with E-state index < -0.39 is 27.9 Å². The molecule has 28 heavy (non-hydrogen) atoms. The van der Waals surface area contributed by atoms with Crippen molar-refractivity contribution in [2.45, 2.75) is 44.6 Å². The van der Waals surface area contributed by atoms with E-state index in [0.717, 1.165) is 9.87 Å². The van der Waals surface area contributed by atoms with Crippen molar-refractivity contribution in [2.75, 3.05) is 5.32 Å².